The lowest BCUT2D eigenvalue weighted by molar-refractivity contribution is -0.121. The molecule has 0 spiro atoms. The highest BCUT2D eigenvalue weighted by Gasteiger charge is 2.25. The Kier molecular flexibility index (Phi) is 54.4. The van der Waals surface area contributed by atoms with Crippen LogP contribution >= 0.6 is 0 Å². The molecule has 2 N–H and O–H groups in total. The summed E-state index contributed by atoms with van der Waals surface area (Å²) in [6.45, 7) is 59.5. The number of Topliss-reactive ketones (excluding diaryl/α,β-unsaturated/α-hetero) is 4. The Morgan fingerprint density at radius 1 is 0.262 bits per heavy atom. The highest BCUT2D eigenvalue weighted by atomic mass is 16.5. The first-order chi connectivity index (χ1) is 58.2. The molecule has 8 aromatic carbocycles. The van der Waals surface area contributed by atoms with Crippen molar-refractivity contribution < 1.29 is 57.8 Å². The molecule has 0 heterocycles. The second-order valence-corrected chi connectivity index (χ2v) is 31.6. The zero-order valence-corrected chi connectivity index (χ0v) is 78.6. The number of rotatable bonds is 38. The monoisotopic (exact) mass is 1670 g/mol. The molecule has 0 aromatic heterocycles. The molecule has 0 saturated carbocycles. The molecular formula is C110H152O12. The van der Waals surface area contributed by atoms with Crippen LogP contribution in [0.2, 0.25) is 0 Å². The molecule has 664 valence electrons. The Morgan fingerprint density at radius 3 is 0.598 bits per heavy atom. The third kappa shape index (κ3) is 37.3. The van der Waals surface area contributed by atoms with Gasteiger partial charge in [-0.1, -0.05) is 256 Å². The van der Waals surface area contributed by atoms with E-state index in [-0.39, 0.29) is 82.0 Å². The zero-order valence-electron chi connectivity index (χ0n) is 78.6. The minimum absolute atomic E-state index is 0.0328. The zero-order chi connectivity index (χ0) is 92.1. The molecule has 0 fully saturated rings. The Morgan fingerprint density at radius 2 is 0.434 bits per heavy atom. The minimum atomic E-state index is -0.107. The summed E-state index contributed by atoms with van der Waals surface area (Å²) >= 11 is 0. The fraction of sp³-hybridized carbons (Fsp3) is 0.418. The molecule has 0 aliphatic heterocycles. The number of carbonyl (C=O) groups excluding carboxylic acids is 4. The normalized spacial score (nSPS) is 14.3. The maximum atomic E-state index is 11.4. The van der Waals surface area contributed by atoms with Gasteiger partial charge in [-0.15, -0.1) is 39.5 Å². The molecule has 8 unspecified atom stereocenters. The Hall–Kier alpha value is -10.7. The quantitative estimate of drug-likeness (QED) is 0.0353. The minimum Gasteiger partial charge on any atom is -0.508 e. The van der Waals surface area contributed by atoms with E-state index in [2.05, 4.69) is 169 Å². The van der Waals surface area contributed by atoms with Crippen LogP contribution in [-0.4, -0.2) is 76.0 Å². The number of methoxy groups -OCH3 is 6. The third-order valence-corrected chi connectivity index (χ3v) is 23.8. The standard InChI is InChI=1S/2C14H18O2.2C14H22O.2C14H20O.2C13H16O2/c2*1-5-14(10(2)11(3)15)12-7-6-8-13(9-12)16-4;4*1-5-11(3)14(6-2)12-8-7-9-13(10-12)15-4;2*1-4-13(9(2)10(3)14)11-6-5-7-12(15)8-11/h2*5-10,14H,1H2,2-4H3;2*7-11,14H,5-6H2,1-4H3;2*6-11,14H,2,5H2,1,3-4H3;2*4-9,13,15H,1H2,2-3H3/t10-,14+;;11-,14+;;11-,14+;;9-,13+;/m0.0.0.0./s1. The van der Waals surface area contributed by atoms with E-state index in [9.17, 15) is 29.4 Å². The topological polar surface area (TPSA) is 164 Å². The Balaban J connectivity index is 0.000000697. The Labute approximate surface area is 737 Å². The smallest absolute Gasteiger partial charge is 0.133 e. The molecule has 0 amide bonds. The van der Waals surface area contributed by atoms with Crippen LogP contribution in [0.1, 0.15) is 255 Å². The van der Waals surface area contributed by atoms with Gasteiger partial charge in [0, 0.05) is 59.2 Å². The van der Waals surface area contributed by atoms with Gasteiger partial charge in [0.15, 0.2) is 0 Å². The van der Waals surface area contributed by atoms with Gasteiger partial charge in [-0.3, -0.25) is 19.2 Å². The van der Waals surface area contributed by atoms with Crippen LogP contribution in [0.3, 0.4) is 0 Å². The van der Waals surface area contributed by atoms with Gasteiger partial charge in [-0.05, 0) is 218 Å². The van der Waals surface area contributed by atoms with Crippen molar-refractivity contribution in [2.24, 2.45) is 47.3 Å². The van der Waals surface area contributed by atoms with E-state index < -0.39 is 0 Å². The van der Waals surface area contributed by atoms with Crippen molar-refractivity contribution in [2.75, 3.05) is 42.7 Å². The van der Waals surface area contributed by atoms with Crippen LogP contribution in [0.5, 0.6) is 46.0 Å². The van der Waals surface area contributed by atoms with Crippen LogP contribution in [0.4, 0.5) is 0 Å². The van der Waals surface area contributed by atoms with Crippen LogP contribution in [0.25, 0.3) is 0 Å². The van der Waals surface area contributed by atoms with E-state index >= 15 is 0 Å². The van der Waals surface area contributed by atoms with Crippen molar-refractivity contribution in [1.29, 1.82) is 0 Å². The number of hydrogen-bond acceptors (Lipinski definition) is 12. The maximum absolute atomic E-state index is 11.4. The predicted octanol–water partition coefficient (Wildman–Crippen LogP) is 28.6. The van der Waals surface area contributed by atoms with Gasteiger partial charge in [0.2, 0.25) is 0 Å². The van der Waals surface area contributed by atoms with Crippen molar-refractivity contribution in [3.63, 3.8) is 0 Å². The average Bonchev–Trinajstić information content (AvgIpc) is 1.07. The number of phenolic OH excluding ortho intramolecular Hbond substituents is 2. The largest absolute Gasteiger partial charge is 0.508 e. The molecule has 12 heteroatoms. The van der Waals surface area contributed by atoms with E-state index in [1.54, 1.807) is 119 Å². The number of phenols is 2. The van der Waals surface area contributed by atoms with Crippen LogP contribution < -0.4 is 28.4 Å². The van der Waals surface area contributed by atoms with Crippen LogP contribution in [-0.2, 0) is 19.2 Å². The number of hydrogen-bond donors (Lipinski definition) is 2. The summed E-state index contributed by atoms with van der Waals surface area (Å²) in [5.41, 5.74) is 9.38. The molecule has 8 rings (SSSR count). The lowest BCUT2D eigenvalue weighted by atomic mass is 9.84. The molecule has 0 bridgehead atoms. The summed E-state index contributed by atoms with van der Waals surface area (Å²) in [5.74, 6) is 11.0. The lowest BCUT2D eigenvalue weighted by Crippen LogP contribution is -2.15. The summed E-state index contributed by atoms with van der Waals surface area (Å²) < 4.78 is 31.3. The highest BCUT2D eigenvalue weighted by Crippen LogP contribution is 2.38. The summed E-state index contributed by atoms with van der Waals surface area (Å²) in [6, 6.07) is 62.9. The first-order valence-electron chi connectivity index (χ1n) is 43.4. The fourth-order valence-electron chi connectivity index (χ4n) is 14.5. The number of ether oxygens (including phenoxy) is 6. The summed E-state index contributed by atoms with van der Waals surface area (Å²) in [5, 5.41) is 18.7. The van der Waals surface area contributed by atoms with Crippen molar-refractivity contribution in [2.45, 2.75) is 210 Å². The molecule has 0 aliphatic rings. The fourth-order valence-corrected chi connectivity index (χ4v) is 14.5. The van der Waals surface area contributed by atoms with E-state index in [0.717, 1.165) is 81.4 Å². The van der Waals surface area contributed by atoms with E-state index in [1.807, 2.05) is 149 Å². The predicted molar refractivity (Wildman–Crippen MR) is 515 cm³/mol. The van der Waals surface area contributed by atoms with Gasteiger partial charge < -0.3 is 38.6 Å². The second kappa shape index (κ2) is 60.7. The molecule has 8 aromatic rings. The summed E-state index contributed by atoms with van der Waals surface area (Å²) in [4.78, 5) is 45.4. The molecule has 0 saturated heterocycles. The molecule has 122 heavy (non-hydrogen) atoms. The van der Waals surface area contributed by atoms with Gasteiger partial charge in [-0.25, -0.2) is 0 Å². The molecule has 0 aliphatic carbocycles. The molecule has 0 radical (unpaired) electrons. The summed E-state index contributed by atoms with van der Waals surface area (Å²) in [7, 11) is 10.1. The second-order valence-electron chi connectivity index (χ2n) is 31.6. The molecule has 16 atom stereocenters. The number of benzene rings is 8. The highest BCUT2D eigenvalue weighted by molar-refractivity contribution is 5.81. The maximum Gasteiger partial charge on any atom is 0.133 e. The number of ketones is 4. The van der Waals surface area contributed by atoms with Gasteiger partial charge in [0.25, 0.3) is 0 Å². The SMILES string of the molecule is C=CC(c1cccc(O)c1)C(C)C(C)=O.C=CC(c1cccc(OC)c1)C(C)C(C)=O.C=CC(c1cccc(OC)c1)C(C)CC.C=C[C@@H](c1cccc(O)c1)[C@@H](C)C(C)=O.C=C[C@@H](c1cccc(OC)c1)[C@@H](C)C(C)=O.C=C[C@@H](c1cccc(OC)c1)[C@@H](C)CC.CCC(C)C(CC)c1cccc(OC)c1.CC[C@H](C)[C@@H](CC)c1cccc(OC)c1. The van der Waals surface area contributed by atoms with Crippen molar-refractivity contribution in [3.8, 4) is 46.0 Å². The number of carbonyl (C=O) groups is 4. The molecular weight excluding hydrogens is 1510 g/mol. The van der Waals surface area contributed by atoms with Crippen LogP contribution in [0, 0.1) is 47.3 Å². The van der Waals surface area contributed by atoms with Crippen molar-refractivity contribution in [3.05, 3.63) is 315 Å². The van der Waals surface area contributed by atoms with Gasteiger partial charge >= 0.3 is 0 Å². The van der Waals surface area contributed by atoms with E-state index in [1.165, 1.54) is 47.9 Å². The number of aromatic hydroxyl groups is 2. The van der Waals surface area contributed by atoms with Gasteiger partial charge in [0.05, 0.1) is 42.7 Å². The van der Waals surface area contributed by atoms with Gasteiger partial charge in [-0.2, -0.15) is 0 Å². The third-order valence-electron chi connectivity index (χ3n) is 23.8. The Bertz CT molecular complexity index is 4100. The van der Waals surface area contributed by atoms with Gasteiger partial charge in [0.1, 0.15) is 69.1 Å². The lowest BCUT2D eigenvalue weighted by Gasteiger charge is -2.22. The average molecular weight is 1670 g/mol. The van der Waals surface area contributed by atoms with Crippen molar-refractivity contribution in [1.82, 2.24) is 0 Å². The van der Waals surface area contributed by atoms with E-state index in [0.29, 0.717) is 35.5 Å². The van der Waals surface area contributed by atoms with Crippen molar-refractivity contribution >= 4 is 23.1 Å². The number of allylic oxidation sites excluding steroid dienone is 6. The first-order valence-corrected chi connectivity index (χ1v) is 43.4. The van der Waals surface area contributed by atoms with E-state index in [4.69, 9.17) is 28.4 Å². The first kappa shape index (κ1) is 109. The summed E-state index contributed by atoms with van der Waals surface area (Å²) in [6.07, 6.45) is 18.4. The van der Waals surface area contributed by atoms with Crippen LogP contribution in [0.15, 0.2) is 270 Å². The molecule has 12 nitrogen and oxygen atoms in total.